The first kappa shape index (κ1) is 17.2. The highest BCUT2D eigenvalue weighted by atomic mass is 35.5. The van der Waals surface area contributed by atoms with Gasteiger partial charge in [-0.1, -0.05) is 29.8 Å². The van der Waals surface area contributed by atoms with Crippen LogP contribution in [0.5, 0.6) is 17.2 Å². The summed E-state index contributed by atoms with van der Waals surface area (Å²) in [6.45, 7) is 3.27. The molecule has 0 spiro atoms. The Hall–Kier alpha value is -2.65. The Morgan fingerprint density at radius 3 is 2.32 bits per heavy atom. The smallest absolute Gasteiger partial charge is 0.127 e. The summed E-state index contributed by atoms with van der Waals surface area (Å²) in [5, 5.41) is 4.05. The molecule has 0 heterocycles. The molecule has 0 aliphatic carbocycles. The molecule has 0 aromatic heterocycles. The van der Waals surface area contributed by atoms with Crippen LogP contribution in [0.2, 0.25) is 5.02 Å². The number of aryl methyl sites for hydroxylation is 1. The summed E-state index contributed by atoms with van der Waals surface area (Å²) in [7, 11) is 0. The number of hydrogen-bond acceptors (Lipinski definition) is 3. The molecule has 128 valence electrons. The second-order valence-corrected chi connectivity index (χ2v) is 6.06. The van der Waals surface area contributed by atoms with Gasteiger partial charge in [-0.25, -0.2) is 0 Å². The van der Waals surface area contributed by atoms with Crippen LogP contribution >= 0.6 is 11.6 Å². The maximum Gasteiger partial charge on any atom is 0.127 e. The Morgan fingerprint density at radius 1 is 0.880 bits per heavy atom. The number of nitrogens with one attached hydrogen (secondary N) is 1. The van der Waals surface area contributed by atoms with Crippen LogP contribution in [0.4, 0.5) is 5.69 Å². The minimum atomic E-state index is 0.574. The summed E-state index contributed by atoms with van der Waals surface area (Å²) in [4.78, 5) is 0. The Labute approximate surface area is 153 Å². The molecule has 0 bridgehead atoms. The Kier molecular flexibility index (Phi) is 5.81. The summed E-state index contributed by atoms with van der Waals surface area (Å²) in [6, 6.07) is 23.2. The molecular weight excluding hydrogens is 334 g/mol. The van der Waals surface area contributed by atoms with Crippen molar-refractivity contribution in [3.05, 3.63) is 83.4 Å². The fraction of sp³-hybridized carbons (Fsp3) is 0.143. The Bertz CT molecular complexity index is 804. The Balaban J connectivity index is 1.45. The minimum Gasteiger partial charge on any atom is -0.491 e. The molecule has 0 amide bonds. The lowest BCUT2D eigenvalue weighted by atomic mass is 10.2. The molecule has 25 heavy (non-hydrogen) atoms. The third-order valence-electron chi connectivity index (χ3n) is 3.66. The molecule has 0 aliphatic rings. The van der Waals surface area contributed by atoms with E-state index in [9.17, 15) is 0 Å². The second kappa shape index (κ2) is 8.45. The van der Waals surface area contributed by atoms with Crippen LogP contribution in [0.25, 0.3) is 0 Å². The molecule has 0 saturated heterocycles. The van der Waals surface area contributed by atoms with E-state index in [0.717, 1.165) is 33.5 Å². The SMILES string of the molecule is Cc1cc(Cl)ccc1OCCNc1ccc(Oc2ccccc2)cc1. The van der Waals surface area contributed by atoms with E-state index in [0.29, 0.717) is 13.2 Å². The maximum atomic E-state index is 5.94. The van der Waals surface area contributed by atoms with E-state index < -0.39 is 0 Å². The van der Waals surface area contributed by atoms with Crippen LogP contribution in [0, 0.1) is 6.92 Å². The highest BCUT2D eigenvalue weighted by molar-refractivity contribution is 6.30. The number of para-hydroxylation sites is 1. The predicted octanol–water partition coefficient (Wildman–Crippen LogP) is 5.93. The summed E-state index contributed by atoms with van der Waals surface area (Å²) in [5.41, 5.74) is 2.06. The van der Waals surface area contributed by atoms with Gasteiger partial charge in [0.05, 0.1) is 0 Å². The molecule has 0 fully saturated rings. The van der Waals surface area contributed by atoms with Crippen molar-refractivity contribution in [2.45, 2.75) is 6.92 Å². The lowest BCUT2D eigenvalue weighted by Gasteiger charge is -2.11. The zero-order valence-corrected chi connectivity index (χ0v) is 14.8. The highest BCUT2D eigenvalue weighted by Gasteiger charge is 2.01. The van der Waals surface area contributed by atoms with Crippen molar-refractivity contribution in [2.24, 2.45) is 0 Å². The fourth-order valence-corrected chi connectivity index (χ4v) is 2.62. The lowest BCUT2D eigenvalue weighted by Crippen LogP contribution is -2.11. The molecule has 4 heteroatoms. The third-order valence-corrected chi connectivity index (χ3v) is 3.89. The van der Waals surface area contributed by atoms with Crippen molar-refractivity contribution in [1.82, 2.24) is 0 Å². The average molecular weight is 354 g/mol. The molecule has 0 unspecified atom stereocenters. The van der Waals surface area contributed by atoms with E-state index in [4.69, 9.17) is 21.1 Å². The molecular formula is C21H20ClNO2. The third kappa shape index (κ3) is 5.16. The molecule has 3 aromatic carbocycles. The summed E-state index contributed by atoms with van der Waals surface area (Å²) in [6.07, 6.45) is 0. The topological polar surface area (TPSA) is 30.5 Å². The maximum absolute atomic E-state index is 5.94. The Morgan fingerprint density at radius 2 is 1.60 bits per heavy atom. The van der Waals surface area contributed by atoms with Gasteiger partial charge in [-0.05, 0) is 67.1 Å². The standard InChI is InChI=1S/C21H20ClNO2/c1-16-15-17(22)7-12-21(16)24-14-13-23-18-8-10-20(11-9-18)25-19-5-3-2-4-6-19/h2-12,15,23H,13-14H2,1H3. The number of benzene rings is 3. The van der Waals surface area contributed by atoms with Crippen LogP contribution in [0.1, 0.15) is 5.56 Å². The lowest BCUT2D eigenvalue weighted by molar-refractivity contribution is 0.330. The van der Waals surface area contributed by atoms with Crippen LogP contribution in [0.3, 0.4) is 0 Å². The molecule has 3 nitrogen and oxygen atoms in total. The predicted molar refractivity (Wildman–Crippen MR) is 103 cm³/mol. The van der Waals surface area contributed by atoms with Gasteiger partial charge in [0, 0.05) is 17.3 Å². The van der Waals surface area contributed by atoms with Crippen molar-refractivity contribution in [3.8, 4) is 17.2 Å². The van der Waals surface area contributed by atoms with Gasteiger partial charge >= 0.3 is 0 Å². The zero-order valence-electron chi connectivity index (χ0n) is 14.0. The van der Waals surface area contributed by atoms with Gasteiger partial charge in [0.25, 0.3) is 0 Å². The van der Waals surface area contributed by atoms with Crippen LogP contribution < -0.4 is 14.8 Å². The van der Waals surface area contributed by atoms with Gasteiger partial charge in [0.2, 0.25) is 0 Å². The molecule has 0 atom stereocenters. The van der Waals surface area contributed by atoms with E-state index in [-0.39, 0.29) is 0 Å². The van der Waals surface area contributed by atoms with E-state index in [1.807, 2.05) is 79.7 Å². The normalized spacial score (nSPS) is 10.3. The first-order chi connectivity index (χ1) is 12.2. The molecule has 3 aromatic rings. The largest absolute Gasteiger partial charge is 0.491 e. The van der Waals surface area contributed by atoms with E-state index >= 15 is 0 Å². The number of hydrogen-bond donors (Lipinski definition) is 1. The van der Waals surface area contributed by atoms with E-state index in [1.165, 1.54) is 0 Å². The van der Waals surface area contributed by atoms with Gasteiger partial charge in [0.15, 0.2) is 0 Å². The van der Waals surface area contributed by atoms with Crippen LogP contribution in [0.15, 0.2) is 72.8 Å². The first-order valence-corrected chi connectivity index (χ1v) is 8.54. The monoisotopic (exact) mass is 353 g/mol. The van der Waals surface area contributed by atoms with Crippen molar-refractivity contribution >= 4 is 17.3 Å². The molecule has 0 saturated carbocycles. The highest BCUT2D eigenvalue weighted by Crippen LogP contribution is 2.23. The van der Waals surface area contributed by atoms with Gasteiger partial charge in [0.1, 0.15) is 23.9 Å². The fourth-order valence-electron chi connectivity index (χ4n) is 2.40. The van der Waals surface area contributed by atoms with Gasteiger partial charge in [-0.3, -0.25) is 0 Å². The molecule has 3 rings (SSSR count). The molecule has 0 radical (unpaired) electrons. The number of ether oxygens (including phenoxy) is 2. The van der Waals surface area contributed by atoms with Gasteiger partial charge in [-0.15, -0.1) is 0 Å². The number of anilines is 1. The van der Waals surface area contributed by atoms with Crippen molar-refractivity contribution < 1.29 is 9.47 Å². The van der Waals surface area contributed by atoms with Gasteiger partial charge in [-0.2, -0.15) is 0 Å². The summed E-state index contributed by atoms with van der Waals surface area (Å²) in [5.74, 6) is 2.50. The van der Waals surface area contributed by atoms with E-state index in [1.54, 1.807) is 0 Å². The first-order valence-electron chi connectivity index (χ1n) is 8.16. The number of rotatable bonds is 7. The summed E-state index contributed by atoms with van der Waals surface area (Å²) < 4.78 is 11.5. The van der Waals surface area contributed by atoms with E-state index in [2.05, 4.69) is 5.32 Å². The van der Waals surface area contributed by atoms with Crippen LogP contribution in [-0.2, 0) is 0 Å². The van der Waals surface area contributed by atoms with Crippen LogP contribution in [-0.4, -0.2) is 13.2 Å². The van der Waals surface area contributed by atoms with Gasteiger partial charge < -0.3 is 14.8 Å². The average Bonchev–Trinajstić information content (AvgIpc) is 2.62. The van der Waals surface area contributed by atoms with Crippen molar-refractivity contribution in [2.75, 3.05) is 18.5 Å². The quantitative estimate of drug-likeness (QED) is 0.534. The second-order valence-electron chi connectivity index (χ2n) is 5.62. The molecule has 0 aliphatic heterocycles. The zero-order chi connectivity index (χ0) is 17.5. The molecule has 1 N–H and O–H groups in total. The minimum absolute atomic E-state index is 0.574. The van der Waals surface area contributed by atoms with Crippen molar-refractivity contribution in [1.29, 1.82) is 0 Å². The summed E-state index contributed by atoms with van der Waals surface area (Å²) >= 11 is 5.94. The number of halogens is 1. The van der Waals surface area contributed by atoms with Crippen molar-refractivity contribution in [3.63, 3.8) is 0 Å².